The van der Waals surface area contributed by atoms with Crippen LogP contribution in [0.5, 0.6) is 5.88 Å². The van der Waals surface area contributed by atoms with E-state index < -0.39 is 11.8 Å². The third kappa shape index (κ3) is 7.48. The van der Waals surface area contributed by atoms with E-state index in [1.807, 2.05) is 12.1 Å². The van der Waals surface area contributed by atoms with Gasteiger partial charge in [0, 0.05) is 5.56 Å². The van der Waals surface area contributed by atoms with Crippen LogP contribution in [-0.4, -0.2) is 15.9 Å². The van der Waals surface area contributed by atoms with Gasteiger partial charge in [-0.25, -0.2) is 19.2 Å². The van der Waals surface area contributed by atoms with Crippen molar-refractivity contribution in [2.24, 2.45) is 0 Å². The first-order valence-electron chi connectivity index (χ1n) is 12.0. The van der Waals surface area contributed by atoms with Gasteiger partial charge in [0.05, 0.1) is 23.7 Å². The molecule has 0 aliphatic carbocycles. The SMILES string of the molecule is CCCCCCCc1ccc(C(=O)Oc2cnc(-c3ccc(CCCC)cc3)cn2)c(F)c1. The van der Waals surface area contributed by atoms with Crippen LogP contribution in [0.1, 0.15) is 80.3 Å². The molecule has 3 aromatic rings. The summed E-state index contributed by atoms with van der Waals surface area (Å²) in [5.41, 5.74) is 3.72. The Labute approximate surface area is 196 Å². The van der Waals surface area contributed by atoms with Gasteiger partial charge in [-0.1, -0.05) is 76.3 Å². The normalized spacial score (nSPS) is 10.9. The quantitative estimate of drug-likeness (QED) is 0.215. The number of nitrogens with zero attached hydrogens (tertiary/aromatic N) is 2. The lowest BCUT2D eigenvalue weighted by Crippen LogP contribution is -2.12. The fraction of sp³-hybridized carbons (Fsp3) is 0.393. The minimum atomic E-state index is -0.774. The van der Waals surface area contributed by atoms with Crippen LogP contribution in [-0.2, 0) is 12.8 Å². The highest BCUT2D eigenvalue weighted by molar-refractivity contribution is 5.91. The molecule has 174 valence electrons. The zero-order valence-electron chi connectivity index (χ0n) is 19.6. The van der Waals surface area contributed by atoms with E-state index in [0.29, 0.717) is 5.69 Å². The van der Waals surface area contributed by atoms with Gasteiger partial charge < -0.3 is 4.74 Å². The Balaban J connectivity index is 1.56. The number of aryl methyl sites for hydroxylation is 2. The topological polar surface area (TPSA) is 52.1 Å². The van der Waals surface area contributed by atoms with Gasteiger partial charge in [-0.15, -0.1) is 0 Å². The molecule has 3 rings (SSSR count). The average Bonchev–Trinajstić information content (AvgIpc) is 2.83. The van der Waals surface area contributed by atoms with Crippen molar-refractivity contribution in [2.75, 3.05) is 0 Å². The number of benzene rings is 2. The number of ether oxygens (including phenoxy) is 1. The zero-order valence-corrected chi connectivity index (χ0v) is 19.6. The maximum atomic E-state index is 14.5. The molecule has 0 N–H and O–H groups in total. The van der Waals surface area contributed by atoms with Gasteiger partial charge in [-0.05, 0) is 48.9 Å². The molecule has 0 unspecified atom stereocenters. The maximum Gasteiger partial charge on any atom is 0.347 e. The van der Waals surface area contributed by atoms with Crippen LogP contribution in [0.4, 0.5) is 4.39 Å². The Morgan fingerprint density at radius 1 is 0.818 bits per heavy atom. The number of hydrogen-bond donors (Lipinski definition) is 0. The lowest BCUT2D eigenvalue weighted by molar-refractivity contribution is 0.0722. The van der Waals surface area contributed by atoms with Crippen LogP contribution in [0, 0.1) is 5.82 Å². The third-order valence-corrected chi connectivity index (χ3v) is 5.72. The van der Waals surface area contributed by atoms with Gasteiger partial charge >= 0.3 is 5.97 Å². The van der Waals surface area contributed by atoms with Gasteiger partial charge in [0.25, 0.3) is 0 Å². The summed E-state index contributed by atoms with van der Waals surface area (Å²) < 4.78 is 19.7. The minimum absolute atomic E-state index is 0.0442. The number of rotatable bonds is 12. The Kier molecular flexibility index (Phi) is 9.55. The largest absolute Gasteiger partial charge is 0.402 e. The van der Waals surface area contributed by atoms with Crippen molar-refractivity contribution >= 4 is 5.97 Å². The fourth-order valence-corrected chi connectivity index (χ4v) is 3.70. The van der Waals surface area contributed by atoms with E-state index in [1.165, 1.54) is 56.0 Å². The number of esters is 1. The predicted octanol–water partition coefficient (Wildman–Crippen LogP) is 7.36. The predicted molar refractivity (Wildman–Crippen MR) is 130 cm³/mol. The second-order valence-corrected chi connectivity index (χ2v) is 8.41. The molecule has 0 radical (unpaired) electrons. The second kappa shape index (κ2) is 12.8. The Hall–Kier alpha value is -3.08. The molecule has 4 nitrogen and oxygen atoms in total. The van der Waals surface area contributed by atoms with Crippen LogP contribution in [0.3, 0.4) is 0 Å². The van der Waals surface area contributed by atoms with E-state index in [2.05, 4.69) is 35.9 Å². The maximum absolute atomic E-state index is 14.5. The Morgan fingerprint density at radius 3 is 2.18 bits per heavy atom. The number of halogens is 1. The summed E-state index contributed by atoms with van der Waals surface area (Å²) in [5.74, 6) is -1.30. The molecule has 0 spiro atoms. The van der Waals surface area contributed by atoms with E-state index in [0.717, 1.165) is 36.8 Å². The summed E-state index contributed by atoms with van der Waals surface area (Å²) in [6.45, 7) is 4.36. The van der Waals surface area contributed by atoms with Crippen LogP contribution in [0.25, 0.3) is 11.3 Å². The standard InChI is InChI=1S/C28H33FN2O2/c1-3-5-7-8-9-11-22-14-17-24(25(29)18-22)28(32)33-27-20-30-26(19-31-27)23-15-12-21(13-16-23)10-6-4-2/h12-20H,3-11H2,1-2H3. The molecule has 33 heavy (non-hydrogen) atoms. The van der Waals surface area contributed by atoms with Crippen molar-refractivity contribution in [3.05, 3.63) is 77.4 Å². The second-order valence-electron chi connectivity index (χ2n) is 8.41. The molecule has 0 saturated carbocycles. The van der Waals surface area contributed by atoms with Crippen LogP contribution in [0.15, 0.2) is 54.9 Å². The third-order valence-electron chi connectivity index (χ3n) is 5.72. The Bertz CT molecular complexity index is 1020. The van der Waals surface area contributed by atoms with Crippen LogP contribution >= 0.6 is 0 Å². The Morgan fingerprint density at radius 2 is 1.52 bits per heavy atom. The summed E-state index contributed by atoms with van der Waals surface area (Å²) in [6, 6.07) is 12.9. The highest BCUT2D eigenvalue weighted by atomic mass is 19.1. The summed E-state index contributed by atoms with van der Waals surface area (Å²) >= 11 is 0. The highest BCUT2D eigenvalue weighted by Gasteiger charge is 2.16. The van der Waals surface area contributed by atoms with Crippen molar-refractivity contribution in [1.29, 1.82) is 0 Å². The lowest BCUT2D eigenvalue weighted by Gasteiger charge is -2.07. The molecule has 0 aliphatic rings. The molecule has 0 amide bonds. The smallest absolute Gasteiger partial charge is 0.347 e. The molecule has 0 atom stereocenters. The van der Waals surface area contributed by atoms with Crippen LogP contribution in [0.2, 0.25) is 0 Å². The van der Waals surface area contributed by atoms with E-state index >= 15 is 0 Å². The summed E-state index contributed by atoms with van der Waals surface area (Å²) in [4.78, 5) is 20.9. The highest BCUT2D eigenvalue weighted by Crippen LogP contribution is 2.20. The van der Waals surface area contributed by atoms with E-state index in [9.17, 15) is 9.18 Å². The van der Waals surface area contributed by atoms with Gasteiger partial charge in [-0.3, -0.25) is 0 Å². The van der Waals surface area contributed by atoms with Gasteiger partial charge in [0.1, 0.15) is 5.82 Å². The van der Waals surface area contributed by atoms with Gasteiger partial charge in [0.2, 0.25) is 5.88 Å². The molecule has 1 aromatic heterocycles. The molecule has 1 heterocycles. The first-order valence-corrected chi connectivity index (χ1v) is 12.0. The first-order chi connectivity index (χ1) is 16.1. The first kappa shape index (κ1) is 24.6. The molecule has 0 fully saturated rings. The zero-order chi connectivity index (χ0) is 23.5. The molecule has 2 aromatic carbocycles. The molecule has 5 heteroatoms. The van der Waals surface area contributed by atoms with Crippen molar-refractivity contribution in [2.45, 2.75) is 71.6 Å². The number of aromatic nitrogens is 2. The monoisotopic (exact) mass is 448 g/mol. The average molecular weight is 449 g/mol. The van der Waals surface area contributed by atoms with Crippen LogP contribution < -0.4 is 4.74 Å². The fourth-order valence-electron chi connectivity index (χ4n) is 3.70. The van der Waals surface area contributed by atoms with Crippen molar-refractivity contribution in [1.82, 2.24) is 9.97 Å². The lowest BCUT2D eigenvalue weighted by atomic mass is 10.0. The minimum Gasteiger partial charge on any atom is -0.402 e. The molecule has 0 saturated heterocycles. The molecule has 0 aliphatic heterocycles. The van der Waals surface area contributed by atoms with E-state index in [4.69, 9.17) is 4.74 Å². The summed E-state index contributed by atoms with van der Waals surface area (Å²) in [6.07, 6.45) is 12.9. The van der Waals surface area contributed by atoms with Crippen molar-refractivity contribution < 1.29 is 13.9 Å². The number of unbranched alkanes of at least 4 members (excludes halogenated alkanes) is 5. The molecular weight excluding hydrogens is 415 g/mol. The van der Waals surface area contributed by atoms with Crippen molar-refractivity contribution in [3.8, 4) is 17.1 Å². The van der Waals surface area contributed by atoms with Gasteiger partial charge in [0.15, 0.2) is 0 Å². The molecule has 0 bridgehead atoms. The van der Waals surface area contributed by atoms with E-state index in [1.54, 1.807) is 12.3 Å². The number of hydrogen-bond acceptors (Lipinski definition) is 4. The number of carbonyl (C=O) groups is 1. The van der Waals surface area contributed by atoms with Crippen molar-refractivity contribution in [3.63, 3.8) is 0 Å². The molecular formula is C28H33FN2O2. The van der Waals surface area contributed by atoms with E-state index in [-0.39, 0.29) is 11.4 Å². The summed E-state index contributed by atoms with van der Waals surface area (Å²) in [5, 5.41) is 0. The number of carbonyl (C=O) groups excluding carboxylic acids is 1. The summed E-state index contributed by atoms with van der Waals surface area (Å²) in [7, 11) is 0. The van der Waals surface area contributed by atoms with Gasteiger partial charge in [-0.2, -0.15) is 0 Å².